The van der Waals surface area contributed by atoms with Crippen molar-refractivity contribution in [3.8, 4) is 0 Å². The summed E-state index contributed by atoms with van der Waals surface area (Å²) in [6.07, 6.45) is 0. The fourth-order valence-electron chi connectivity index (χ4n) is 1.32. The van der Waals surface area contributed by atoms with Crippen LogP contribution in [0.2, 0.25) is 0 Å². The lowest BCUT2D eigenvalue weighted by Gasteiger charge is -1.93. The van der Waals surface area contributed by atoms with E-state index in [1.807, 2.05) is 0 Å². The molecule has 1 aromatic carbocycles. The molecule has 0 N–H and O–H groups in total. The van der Waals surface area contributed by atoms with Gasteiger partial charge in [-0.1, -0.05) is 0 Å². The lowest BCUT2D eigenvalue weighted by molar-refractivity contribution is -0.384. The third kappa shape index (κ3) is 1.35. The molecule has 2 rings (SSSR count). The first-order chi connectivity index (χ1) is 6.59. The topological polar surface area (TPSA) is 61.0 Å². The average Bonchev–Trinajstić information content (AvgIpc) is 2.42. The second-order valence-corrected chi connectivity index (χ2v) is 3.89. The fourth-order valence-corrected chi connectivity index (χ4v) is 2.09. The van der Waals surface area contributed by atoms with Crippen LogP contribution < -0.4 is 0 Å². The van der Waals surface area contributed by atoms with Gasteiger partial charge in [-0.2, -0.15) is 5.10 Å². The van der Waals surface area contributed by atoms with Crippen LogP contribution in [-0.4, -0.2) is 14.7 Å². The largest absolute Gasteiger partial charge is 0.271 e. The second kappa shape index (κ2) is 3.19. The predicted octanol–water partition coefficient (Wildman–Crippen LogP) is 2.09. The van der Waals surface area contributed by atoms with Crippen LogP contribution in [0, 0.1) is 13.8 Å². The van der Waals surface area contributed by atoms with Gasteiger partial charge in [-0.15, -0.1) is 0 Å². The van der Waals surface area contributed by atoms with E-state index in [1.54, 1.807) is 17.8 Å². The molecule has 0 amide bonds. The molecule has 0 saturated carbocycles. The maximum absolute atomic E-state index is 10.5. The zero-order valence-corrected chi connectivity index (χ0v) is 9.43. The highest BCUT2D eigenvalue weighted by molar-refractivity contribution is 14.1. The van der Waals surface area contributed by atoms with E-state index in [1.165, 1.54) is 12.1 Å². The number of aryl methyl sites for hydroxylation is 1. The quantitative estimate of drug-likeness (QED) is 0.460. The lowest BCUT2D eigenvalue weighted by Crippen LogP contribution is -1.91. The van der Waals surface area contributed by atoms with E-state index in [4.69, 9.17) is 0 Å². The molecule has 0 saturated heterocycles. The van der Waals surface area contributed by atoms with Crippen molar-refractivity contribution in [2.24, 2.45) is 7.05 Å². The van der Waals surface area contributed by atoms with Gasteiger partial charge in [-0.3, -0.25) is 14.8 Å². The molecular formula is C8H6IN3O2. The number of hydrogen-bond donors (Lipinski definition) is 0. The van der Waals surface area contributed by atoms with Gasteiger partial charge < -0.3 is 0 Å². The Morgan fingerprint density at radius 3 is 2.93 bits per heavy atom. The molecule has 2 aromatic rings. The van der Waals surface area contributed by atoms with Crippen LogP contribution in [0.4, 0.5) is 5.69 Å². The van der Waals surface area contributed by atoms with E-state index in [0.29, 0.717) is 0 Å². The third-order valence-corrected chi connectivity index (χ3v) is 2.80. The first-order valence-corrected chi connectivity index (χ1v) is 4.94. The summed E-state index contributed by atoms with van der Waals surface area (Å²) in [5.41, 5.74) is 0.875. The fraction of sp³-hybridized carbons (Fsp3) is 0.125. The molecule has 0 spiro atoms. The number of hydrogen-bond acceptors (Lipinski definition) is 3. The van der Waals surface area contributed by atoms with Gasteiger partial charge in [-0.05, 0) is 28.7 Å². The molecule has 0 atom stereocenters. The molecule has 14 heavy (non-hydrogen) atoms. The van der Waals surface area contributed by atoms with Crippen LogP contribution in [-0.2, 0) is 7.05 Å². The van der Waals surface area contributed by atoms with Gasteiger partial charge in [0.2, 0.25) is 0 Å². The highest BCUT2D eigenvalue weighted by Gasteiger charge is 2.11. The van der Waals surface area contributed by atoms with Crippen molar-refractivity contribution < 1.29 is 4.92 Å². The first kappa shape index (κ1) is 9.38. The number of nitrogens with zero attached hydrogens (tertiary/aromatic N) is 3. The number of rotatable bonds is 1. The van der Waals surface area contributed by atoms with Crippen LogP contribution >= 0.6 is 22.6 Å². The summed E-state index contributed by atoms with van der Waals surface area (Å²) in [5, 5.41) is 15.7. The summed E-state index contributed by atoms with van der Waals surface area (Å²) in [6, 6.07) is 4.75. The van der Waals surface area contributed by atoms with Gasteiger partial charge in [-0.25, -0.2) is 0 Å². The van der Waals surface area contributed by atoms with E-state index in [-0.39, 0.29) is 5.69 Å². The summed E-state index contributed by atoms with van der Waals surface area (Å²) >= 11 is 2.11. The van der Waals surface area contributed by atoms with E-state index in [0.717, 1.165) is 14.6 Å². The Hall–Kier alpha value is -1.18. The van der Waals surface area contributed by atoms with Crippen molar-refractivity contribution in [1.29, 1.82) is 0 Å². The molecule has 1 aromatic heterocycles. The smallest absolute Gasteiger partial charge is 0.267 e. The van der Waals surface area contributed by atoms with E-state index in [9.17, 15) is 10.1 Å². The molecular weight excluding hydrogens is 297 g/mol. The van der Waals surface area contributed by atoms with Gasteiger partial charge >= 0.3 is 0 Å². The Balaban J connectivity index is 2.77. The molecule has 0 aliphatic carbocycles. The SMILES string of the molecule is Cn1nc(I)c2ccc([N+](=O)[O-])cc21. The highest BCUT2D eigenvalue weighted by atomic mass is 127. The van der Waals surface area contributed by atoms with Crippen LogP contribution in [0.1, 0.15) is 0 Å². The van der Waals surface area contributed by atoms with Crippen LogP contribution in [0.25, 0.3) is 10.9 Å². The molecule has 5 nitrogen and oxygen atoms in total. The average molecular weight is 303 g/mol. The first-order valence-electron chi connectivity index (χ1n) is 3.86. The lowest BCUT2D eigenvalue weighted by atomic mass is 10.2. The van der Waals surface area contributed by atoms with Crippen LogP contribution in [0.15, 0.2) is 18.2 Å². The number of halogens is 1. The Bertz CT molecular complexity index is 521. The molecule has 1 heterocycles. The number of non-ortho nitro benzene ring substituents is 1. The summed E-state index contributed by atoms with van der Waals surface area (Å²) < 4.78 is 2.50. The van der Waals surface area contributed by atoms with Crippen molar-refractivity contribution in [2.75, 3.05) is 0 Å². The summed E-state index contributed by atoms with van der Waals surface area (Å²) in [7, 11) is 1.77. The van der Waals surface area contributed by atoms with Crippen molar-refractivity contribution in [3.63, 3.8) is 0 Å². The monoisotopic (exact) mass is 303 g/mol. The molecule has 0 radical (unpaired) electrons. The highest BCUT2D eigenvalue weighted by Crippen LogP contribution is 2.23. The number of aromatic nitrogens is 2. The normalized spacial score (nSPS) is 10.7. The molecule has 0 fully saturated rings. The Kier molecular flexibility index (Phi) is 2.14. The maximum Gasteiger partial charge on any atom is 0.271 e. The van der Waals surface area contributed by atoms with Crippen molar-refractivity contribution in [1.82, 2.24) is 9.78 Å². The zero-order chi connectivity index (χ0) is 10.3. The number of benzene rings is 1. The van der Waals surface area contributed by atoms with Crippen LogP contribution in [0.3, 0.4) is 0 Å². The molecule has 0 unspecified atom stereocenters. The Morgan fingerprint density at radius 2 is 2.29 bits per heavy atom. The Morgan fingerprint density at radius 1 is 1.57 bits per heavy atom. The molecule has 72 valence electrons. The standard InChI is InChI=1S/C8H6IN3O2/c1-11-7-4-5(12(13)14)2-3-6(7)8(9)10-11/h2-4H,1H3. The number of fused-ring (bicyclic) bond motifs is 1. The second-order valence-electron chi connectivity index (χ2n) is 2.87. The van der Waals surface area contributed by atoms with Gasteiger partial charge in [0.15, 0.2) is 0 Å². The van der Waals surface area contributed by atoms with Crippen molar-refractivity contribution >= 4 is 39.2 Å². The van der Waals surface area contributed by atoms with Gasteiger partial charge in [0.1, 0.15) is 3.70 Å². The maximum atomic E-state index is 10.5. The van der Waals surface area contributed by atoms with Crippen molar-refractivity contribution in [2.45, 2.75) is 0 Å². The van der Waals surface area contributed by atoms with E-state index < -0.39 is 4.92 Å². The van der Waals surface area contributed by atoms with E-state index in [2.05, 4.69) is 27.7 Å². The number of nitro benzene ring substituents is 1. The molecule has 0 aliphatic rings. The third-order valence-electron chi connectivity index (χ3n) is 2.00. The minimum absolute atomic E-state index is 0.0944. The van der Waals surface area contributed by atoms with E-state index >= 15 is 0 Å². The van der Waals surface area contributed by atoms with Gasteiger partial charge in [0.05, 0.1) is 10.4 Å². The summed E-state index contributed by atoms with van der Waals surface area (Å²) in [4.78, 5) is 10.1. The van der Waals surface area contributed by atoms with Crippen LogP contribution in [0.5, 0.6) is 0 Å². The summed E-state index contributed by atoms with van der Waals surface area (Å²) in [6.45, 7) is 0. The zero-order valence-electron chi connectivity index (χ0n) is 7.27. The molecule has 0 aliphatic heterocycles. The van der Waals surface area contributed by atoms with Crippen molar-refractivity contribution in [3.05, 3.63) is 32.0 Å². The molecule has 0 bridgehead atoms. The summed E-state index contributed by atoms with van der Waals surface area (Å²) in [5.74, 6) is 0. The molecule has 6 heteroatoms. The number of nitro groups is 1. The Labute approximate surface area is 93.0 Å². The van der Waals surface area contributed by atoms with Gasteiger partial charge in [0, 0.05) is 24.6 Å². The predicted molar refractivity (Wildman–Crippen MR) is 60.1 cm³/mol. The minimum atomic E-state index is -0.403. The van der Waals surface area contributed by atoms with Gasteiger partial charge in [0.25, 0.3) is 5.69 Å². The minimum Gasteiger partial charge on any atom is -0.267 e.